The maximum absolute atomic E-state index is 13.9. The zero-order chi connectivity index (χ0) is 22.3. The third kappa shape index (κ3) is 4.85. The molecule has 1 N–H and O–H groups in total. The van der Waals surface area contributed by atoms with Crippen LogP contribution in [0, 0.1) is 5.82 Å². The molecule has 31 heavy (non-hydrogen) atoms. The molecule has 1 atom stereocenters. The van der Waals surface area contributed by atoms with E-state index in [0.717, 1.165) is 34.7 Å². The van der Waals surface area contributed by atoms with Gasteiger partial charge in [-0.15, -0.1) is 0 Å². The average Bonchev–Trinajstić information content (AvgIpc) is 3.53. The van der Waals surface area contributed by atoms with Crippen LogP contribution in [0.5, 0.6) is 5.75 Å². The maximum Gasteiger partial charge on any atom is 0.287 e. The van der Waals surface area contributed by atoms with Gasteiger partial charge in [0.05, 0.1) is 15.9 Å². The average molecular weight is 482 g/mol. The Balaban J connectivity index is 1.75. The normalized spacial score (nSPS) is 15.5. The predicted octanol–water partition coefficient (Wildman–Crippen LogP) is 6.56. The maximum atomic E-state index is 13.9. The lowest BCUT2D eigenvalue weighted by Gasteiger charge is -2.19. The van der Waals surface area contributed by atoms with E-state index in [9.17, 15) is 12.8 Å². The summed E-state index contributed by atoms with van der Waals surface area (Å²) < 4.78 is 51.2. The molecule has 0 saturated heterocycles. The molecule has 162 valence electrons. The molecule has 4 rings (SSSR count). The molecule has 0 aliphatic heterocycles. The number of hydrogen-bond acceptors (Lipinski definition) is 4. The van der Waals surface area contributed by atoms with Gasteiger partial charge in [-0.3, -0.25) is 9.54 Å². The van der Waals surface area contributed by atoms with Crippen LogP contribution in [0.1, 0.15) is 48.5 Å². The number of rotatable bonds is 6. The van der Waals surface area contributed by atoms with Gasteiger partial charge in [-0.1, -0.05) is 23.2 Å². The summed E-state index contributed by atoms with van der Waals surface area (Å²) in [6.45, 7) is 1.72. The van der Waals surface area contributed by atoms with Gasteiger partial charge in [-0.25, -0.2) is 4.39 Å². The number of nitrogens with zero attached hydrogens (tertiary/aromatic N) is 1. The minimum Gasteiger partial charge on any atom is -0.486 e. The molecule has 0 spiro atoms. The third-order valence-corrected chi connectivity index (χ3v) is 6.31. The number of benzene rings is 2. The van der Waals surface area contributed by atoms with Gasteiger partial charge in [0.2, 0.25) is 0 Å². The fraction of sp³-hybridized carbons (Fsp3) is 0.227. The second kappa shape index (κ2) is 8.39. The number of hydrogen-bond donors (Lipinski definition) is 1. The zero-order valence-electron chi connectivity index (χ0n) is 16.3. The van der Waals surface area contributed by atoms with Crippen LogP contribution in [0.2, 0.25) is 10.0 Å². The summed E-state index contributed by atoms with van der Waals surface area (Å²) in [4.78, 5) is 4.40. The molecule has 0 bridgehead atoms. The summed E-state index contributed by atoms with van der Waals surface area (Å²) >= 11 is 12.3. The van der Waals surface area contributed by atoms with Crippen molar-refractivity contribution in [2.45, 2.75) is 31.8 Å². The zero-order valence-corrected chi connectivity index (χ0v) is 18.7. The second-order valence-corrected chi connectivity index (χ2v) is 9.50. The molecule has 1 fully saturated rings. The number of pyridine rings is 1. The molecule has 1 saturated carbocycles. The minimum atomic E-state index is -4.25. The highest BCUT2D eigenvalue weighted by Crippen LogP contribution is 2.45. The van der Waals surface area contributed by atoms with Gasteiger partial charge in [-0.05, 0) is 73.2 Å². The first-order valence-corrected chi connectivity index (χ1v) is 11.8. The monoisotopic (exact) mass is 481 g/mol. The molecule has 1 aliphatic carbocycles. The molecule has 1 aromatic heterocycles. The first kappa shape index (κ1) is 22.0. The lowest BCUT2D eigenvalue weighted by molar-refractivity contribution is 0.227. The topological polar surface area (TPSA) is 76.5 Å². The van der Waals surface area contributed by atoms with Crippen LogP contribution < -0.4 is 4.74 Å². The molecule has 3 aromatic rings. The molecule has 0 amide bonds. The fourth-order valence-corrected chi connectivity index (χ4v) is 4.58. The van der Waals surface area contributed by atoms with Crippen molar-refractivity contribution in [2.24, 2.45) is 0 Å². The van der Waals surface area contributed by atoms with E-state index in [4.69, 9.17) is 32.5 Å². The van der Waals surface area contributed by atoms with Crippen molar-refractivity contribution in [2.75, 3.05) is 0 Å². The van der Waals surface area contributed by atoms with Crippen molar-refractivity contribution in [1.29, 1.82) is 0 Å². The van der Waals surface area contributed by atoms with E-state index < -0.39 is 22.0 Å². The summed E-state index contributed by atoms with van der Waals surface area (Å²) in [6.07, 6.45) is 4.27. The van der Waals surface area contributed by atoms with Crippen molar-refractivity contribution in [3.63, 3.8) is 0 Å². The van der Waals surface area contributed by atoms with Crippen LogP contribution in [0.15, 0.2) is 41.9 Å². The van der Waals surface area contributed by atoms with Crippen LogP contribution in [-0.2, 0) is 10.1 Å². The summed E-state index contributed by atoms with van der Waals surface area (Å²) in [5, 5.41) is 1.79. The predicted molar refractivity (Wildman–Crippen MR) is 120 cm³/mol. The first-order chi connectivity index (χ1) is 14.6. The van der Waals surface area contributed by atoms with Crippen molar-refractivity contribution in [3.05, 3.63) is 74.5 Å². The van der Waals surface area contributed by atoms with Crippen molar-refractivity contribution < 1.29 is 22.1 Å². The summed E-state index contributed by atoms with van der Waals surface area (Å²) in [5.74, 6) is 0.202. The first-order valence-electron chi connectivity index (χ1n) is 9.52. The SMILES string of the molecule is C[C@H](Oc1ccc2ncc(/C=C/S(=O)(=O)O)c(C3CC3)c2c1)c1c(Cl)ccc(F)c1Cl. The van der Waals surface area contributed by atoms with Crippen LogP contribution in [-0.4, -0.2) is 18.0 Å². The molecular formula is C22H18Cl2FNO4S. The van der Waals surface area contributed by atoms with E-state index in [0.29, 0.717) is 21.9 Å². The Bertz CT molecular complexity index is 1310. The summed E-state index contributed by atoms with van der Waals surface area (Å²) in [7, 11) is -4.25. The highest BCUT2D eigenvalue weighted by atomic mass is 35.5. The number of halogens is 3. The van der Waals surface area contributed by atoms with Gasteiger partial charge in [0.25, 0.3) is 10.1 Å². The van der Waals surface area contributed by atoms with Gasteiger partial charge in [-0.2, -0.15) is 8.42 Å². The van der Waals surface area contributed by atoms with Crippen molar-refractivity contribution in [3.8, 4) is 5.75 Å². The van der Waals surface area contributed by atoms with E-state index >= 15 is 0 Å². The molecule has 0 radical (unpaired) electrons. The molecule has 0 unspecified atom stereocenters. The Morgan fingerprint density at radius 1 is 1.26 bits per heavy atom. The summed E-state index contributed by atoms with van der Waals surface area (Å²) in [6, 6.07) is 8.00. The van der Waals surface area contributed by atoms with Gasteiger partial charge in [0.15, 0.2) is 0 Å². The molecule has 2 aromatic carbocycles. The van der Waals surface area contributed by atoms with Crippen LogP contribution in [0.3, 0.4) is 0 Å². The molecule has 5 nitrogen and oxygen atoms in total. The largest absolute Gasteiger partial charge is 0.486 e. The van der Waals surface area contributed by atoms with E-state index in [2.05, 4.69) is 4.98 Å². The van der Waals surface area contributed by atoms with Gasteiger partial charge in [0, 0.05) is 22.2 Å². The Morgan fingerprint density at radius 3 is 2.68 bits per heavy atom. The smallest absolute Gasteiger partial charge is 0.287 e. The third-order valence-electron chi connectivity index (χ3n) is 5.12. The van der Waals surface area contributed by atoms with E-state index in [1.165, 1.54) is 18.2 Å². The Kier molecular flexibility index (Phi) is 5.96. The van der Waals surface area contributed by atoms with E-state index in [-0.39, 0.29) is 10.9 Å². The van der Waals surface area contributed by atoms with Crippen LogP contribution in [0.25, 0.3) is 17.0 Å². The lowest BCUT2D eigenvalue weighted by Crippen LogP contribution is -2.06. The van der Waals surface area contributed by atoms with Gasteiger partial charge in [0.1, 0.15) is 17.7 Å². The molecule has 9 heteroatoms. The fourth-order valence-electron chi connectivity index (χ4n) is 3.58. The second-order valence-electron chi connectivity index (χ2n) is 7.42. The standard InChI is InChI=1S/C22H18Cl2FNO4S/c1-12(20-17(23)5-6-18(25)22(20)24)30-15-4-7-19-16(10-15)21(13-2-3-13)14(11-26-19)8-9-31(27,28)29/h4-13H,2-3H2,1H3,(H,27,28,29)/b9-8+/t12-/m0/s1. The van der Waals surface area contributed by atoms with Gasteiger partial charge < -0.3 is 4.74 Å². The van der Waals surface area contributed by atoms with Crippen molar-refractivity contribution >= 4 is 50.3 Å². The number of ether oxygens (including phenoxy) is 1. The number of fused-ring (bicyclic) bond motifs is 1. The molecule has 1 heterocycles. The molecular weight excluding hydrogens is 464 g/mol. The highest BCUT2D eigenvalue weighted by molar-refractivity contribution is 7.88. The Labute approximate surface area is 189 Å². The lowest BCUT2D eigenvalue weighted by atomic mass is 9.99. The van der Waals surface area contributed by atoms with E-state index in [1.54, 1.807) is 25.3 Å². The quantitative estimate of drug-likeness (QED) is 0.318. The minimum absolute atomic E-state index is 0.0845. The van der Waals surface area contributed by atoms with Crippen molar-refractivity contribution in [1.82, 2.24) is 4.98 Å². The Morgan fingerprint density at radius 2 is 2.00 bits per heavy atom. The summed E-state index contributed by atoms with van der Waals surface area (Å²) in [5.41, 5.74) is 2.65. The number of aromatic nitrogens is 1. The Hall–Kier alpha value is -2.19. The van der Waals surface area contributed by atoms with E-state index in [1.807, 2.05) is 6.07 Å². The van der Waals surface area contributed by atoms with Gasteiger partial charge >= 0.3 is 0 Å². The molecule has 1 aliphatic rings. The highest BCUT2D eigenvalue weighted by Gasteiger charge is 2.28. The van der Waals surface area contributed by atoms with Crippen LogP contribution >= 0.6 is 23.2 Å². The van der Waals surface area contributed by atoms with Crippen LogP contribution in [0.4, 0.5) is 4.39 Å².